The summed E-state index contributed by atoms with van der Waals surface area (Å²) in [6, 6.07) is 5.40. The Bertz CT molecular complexity index is 430. The maximum atomic E-state index is 11.0. The Morgan fingerprint density at radius 3 is 2.78 bits per heavy atom. The Labute approximate surface area is 115 Å². The van der Waals surface area contributed by atoms with Gasteiger partial charge in [0, 0.05) is 22.3 Å². The first-order valence-corrected chi connectivity index (χ1v) is 7.00. The number of piperidine rings is 1. The van der Waals surface area contributed by atoms with Crippen LogP contribution in [-0.4, -0.2) is 25.5 Å². The van der Waals surface area contributed by atoms with Crippen LogP contribution in [0.2, 0.25) is 0 Å². The zero-order valence-corrected chi connectivity index (χ0v) is 11.8. The molecule has 1 aromatic rings. The largest absolute Gasteiger partial charge is 0.384 e. The van der Waals surface area contributed by atoms with E-state index in [1.54, 1.807) is 12.1 Å². The van der Waals surface area contributed by atoms with E-state index in [-0.39, 0.29) is 0 Å². The van der Waals surface area contributed by atoms with Crippen molar-refractivity contribution in [2.45, 2.75) is 12.8 Å². The number of benzene rings is 1. The maximum Gasteiger partial charge on any atom is 0.248 e. The lowest BCUT2D eigenvalue weighted by Gasteiger charge is -2.23. The molecule has 0 atom stereocenters. The third-order valence-electron chi connectivity index (χ3n) is 3.29. The van der Waals surface area contributed by atoms with Crippen molar-refractivity contribution < 1.29 is 4.79 Å². The van der Waals surface area contributed by atoms with Gasteiger partial charge in [0.1, 0.15) is 0 Å². The topological polar surface area (TPSA) is 67.2 Å². The number of carbonyl (C=O) groups excluding carboxylic acids is 1. The SMILES string of the molecule is NC(=O)c1ccc(NCC2CCNCC2)c(Br)c1. The average Bonchev–Trinajstić information content (AvgIpc) is 2.38. The van der Waals surface area contributed by atoms with Crippen molar-refractivity contribution in [2.75, 3.05) is 25.0 Å². The molecule has 1 heterocycles. The molecule has 4 nitrogen and oxygen atoms in total. The molecule has 1 aliphatic heterocycles. The monoisotopic (exact) mass is 311 g/mol. The highest BCUT2D eigenvalue weighted by atomic mass is 79.9. The zero-order valence-electron chi connectivity index (χ0n) is 10.2. The molecule has 0 radical (unpaired) electrons. The third kappa shape index (κ3) is 3.46. The highest BCUT2D eigenvalue weighted by molar-refractivity contribution is 9.10. The van der Waals surface area contributed by atoms with Gasteiger partial charge < -0.3 is 16.4 Å². The second-order valence-electron chi connectivity index (χ2n) is 4.63. The minimum atomic E-state index is -0.402. The molecule has 1 aromatic carbocycles. The number of rotatable bonds is 4. The molecule has 0 aliphatic carbocycles. The number of nitrogens with one attached hydrogen (secondary N) is 2. The highest BCUT2D eigenvalue weighted by Gasteiger charge is 2.13. The molecule has 1 amide bonds. The number of hydrogen-bond donors (Lipinski definition) is 3. The fourth-order valence-corrected chi connectivity index (χ4v) is 2.67. The lowest BCUT2D eigenvalue weighted by molar-refractivity contribution is 0.100. The molecule has 1 saturated heterocycles. The quantitative estimate of drug-likeness (QED) is 0.796. The lowest BCUT2D eigenvalue weighted by atomic mass is 9.98. The number of primary amides is 1. The summed E-state index contributed by atoms with van der Waals surface area (Å²) in [6.45, 7) is 3.18. The molecule has 0 spiro atoms. The molecule has 2 rings (SSSR count). The first kappa shape index (κ1) is 13.4. The average molecular weight is 312 g/mol. The van der Waals surface area contributed by atoms with E-state index in [0.29, 0.717) is 11.5 Å². The van der Waals surface area contributed by atoms with Crippen LogP contribution in [-0.2, 0) is 0 Å². The van der Waals surface area contributed by atoms with Crippen molar-refractivity contribution in [3.8, 4) is 0 Å². The molecular formula is C13H18BrN3O. The van der Waals surface area contributed by atoms with Gasteiger partial charge in [-0.05, 0) is 66.0 Å². The van der Waals surface area contributed by atoms with Crippen molar-refractivity contribution in [3.63, 3.8) is 0 Å². The molecule has 0 aromatic heterocycles. The number of halogens is 1. The van der Waals surface area contributed by atoms with Crippen molar-refractivity contribution in [1.29, 1.82) is 0 Å². The van der Waals surface area contributed by atoms with Gasteiger partial charge in [0.25, 0.3) is 0 Å². The second-order valence-corrected chi connectivity index (χ2v) is 5.49. The van der Waals surface area contributed by atoms with Gasteiger partial charge in [0.05, 0.1) is 0 Å². The highest BCUT2D eigenvalue weighted by Crippen LogP contribution is 2.24. The van der Waals surface area contributed by atoms with Gasteiger partial charge in [-0.2, -0.15) is 0 Å². The van der Waals surface area contributed by atoms with E-state index in [1.165, 1.54) is 12.8 Å². The summed E-state index contributed by atoms with van der Waals surface area (Å²) in [5.41, 5.74) is 6.77. The summed E-state index contributed by atoms with van der Waals surface area (Å²) in [4.78, 5) is 11.0. The van der Waals surface area contributed by atoms with Gasteiger partial charge in [-0.1, -0.05) is 0 Å². The standard InChI is InChI=1S/C13H18BrN3O/c14-11-7-10(13(15)18)1-2-12(11)17-8-9-3-5-16-6-4-9/h1-2,7,9,16-17H,3-6,8H2,(H2,15,18). The van der Waals surface area contributed by atoms with E-state index in [1.807, 2.05) is 6.07 Å². The molecule has 5 heteroatoms. The number of amides is 1. The van der Waals surface area contributed by atoms with E-state index in [4.69, 9.17) is 5.73 Å². The Hall–Kier alpha value is -1.07. The molecule has 0 saturated carbocycles. The summed E-state index contributed by atoms with van der Waals surface area (Å²) in [6.07, 6.45) is 2.42. The molecule has 1 fully saturated rings. The van der Waals surface area contributed by atoms with Crippen molar-refractivity contribution in [2.24, 2.45) is 11.7 Å². The number of carbonyl (C=O) groups is 1. The molecule has 1 aliphatic rings. The van der Waals surface area contributed by atoms with E-state index < -0.39 is 5.91 Å². The fraction of sp³-hybridized carbons (Fsp3) is 0.462. The predicted molar refractivity (Wildman–Crippen MR) is 76.7 cm³/mol. The van der Waals surface area contributed by atoms with E-state index in [9.17, 15) is 4.79 Å². The van der Waals surface area contributed by atoms with Crippen LogP contribution in [0.15, 0.2) is 22.7 Å². The Morgan fingerprint density at radius 1 is 1.44 bits per heavy atom. The van der Waals surface area contributed by atoms with Crippen LogP contribution in [0.5, 0.6) is 0 Å². The van der Waals surface area contributed by atoms with E-state index in [0.717, 1.165) is 29.8 Å². The fourth-order valence-electron chi connectivity index (χ4n) is 2.15. The predicted octanol–water partition coefficient (Wildman–Crippen LogP) is 1.96. The smallest absolute Gasteiger partial charge is 0.248 e. The number of nitrogens with two attached hydrogens (primary N) is 1. The van der Waals surface area contributed by atoms with Gasteiger partial charge >= 0.3 is 0 Å². The van der Waals surface area contributed by atoms with Crippen LogP contribution in [0, 0.1) is 5.92 Å². The first-order valence-electron chi connectivity index (χ1n) is 6.21. The van der Waals surface area contributed by atoms with Crippen LogP contribution in [0.3, 0.4) is 0 Å². The van der Waals surface area contributed by atoms with Crippen LogP contribution in [0.1, 0.15) is 23.2 Å². The summed E-state index contributed by atoms with van der Waals surface area (Å²) in [5, 5.41) is 6.78. The Kier molecular flexibility index (Phi) is 4.60. The molecule has 18 heavy (non-hydrogen) atoms. The normalized spacial score (nSPS) is 16.5. The van der Waals surface area contributed by atoms with Gasteiger partial charge in [-0.15, -0.1) is 0 Å². The summed E-state index contributed by atoms with van der Waals surface area (Å²) < 4.78 is 0.882. The molecular weight excluding hydrogens is 294 g/mol. The lowest BCUT2D eigenvalue weighted by Crippen LogP contribution is -2.31. The minimum Gasteiger partial charge on any atom is -0.384 e. The zero-order chi connectivity index (χ0) is 13.0. The van der Waals surface area contributed by atoms with Gasteiger partial charge in [0.15, 0.2) is 0 Å². The summed E-state index contributed by atoms with van der Waals surface area (Å²) in [5.74, 6) is 0.314. The van der Waals surface area contributed by atoms with Crippen molar-refractivity contribution in [1.82, 2.24) is 5.32 Å². The van der Waals surface area contributed by atoms with Gasteiger partial charge in [-0.3, -0.25) is 4.79 Å². The molecule has 0 bridgehead atoms. The minimum absolute atomic E-state index is 0.402. The Balaban J connectivity index is 1.94. The van der Waals surface area contributed by atoms with E-state index >= 15 is 0 Å². The summed E-state index contributed by atoms with van der Waals surface area (Å²) >= 11 is 3.46. The van der Waals surface area contributed by atoms with Crippen molar-refractivity contribution in [3.05, 3.63) is 28.2 Å². The first-order chi connectivity index (χ1) is 8.66. The van der Waals surface area contributed by atoms with Gasteiger partial charge in [0.2, 0.25) is 5.91 Å². The molecule has 0 unspecified atom stereocenters. The number of hydrogen-bond acceptors (Lipinski definition) is 3. The Morgan fingerprint density at radius 2 is 2.17 bits per heavy atom. The molecule has 98 valence electrons. The number of anilines is 1. The maximum absolute atomic E-state index is 11.0. The second kappa shape index (κ2) is 6.20. The van der Waals surface area contributed by atoms with Crippen LogP contribution >= 0.6 is 15.9 Å². The van der Waals surface area contributed by atoms with Crippen LogP contribution in [0.25, 0.3) is 0 Å². The van der Waals surface area contributed by atoms with Gasteiger partial charge in [-0.25, -0.2) is 0 Å². The van der Waals surface area contributed by atoms with Crippen molar-refractivity contribution >= 4 is 27.5 Å². The third-order valence-corrected chi connectivity index (χ3v) is 3.95. The summed E-state index contributed by atoms with van der Waals surface area (Å²) in [7, 11) is 0. The van der Waals surface area contributed by atoms with Crippen LogP contribution in [0.4, 0.5) is 5.69 Å². The van der Waals surface area contributed by atoms with E-state index in [2.05, 4.69) is 26.6 Å². The van der Waals surface area contributed by atoms with Crippen LogP contribution < -0.4 is 16.4 Å². The molecule has 4 N–H and O–H groups in total.